The standard InChI is InChI=1S/C11H14FNO/c1-7-2-3-8(4-10(7)12)11-5-9(14)6-13-11/h2-4,9,11,13-14H,5-6H2,1H3. The first-order valence-electron chi connectivity index (χ1n) is 4.84. The molecule has 2 N–H and O–H groups in total. The van der Waals surface area contributed by atoms with Gasteiger partial charge in [0.15, 0.2) is 0 Å². The second-order valence-corrected chi connectivity index (χ2v) is 3.86. The Morgan fingerprint density at radius 1 is 1.50 bits per heavy atom. The summed E-state index contributed by atoms with van der Waals surface area (Å²) in [7, 11) is 0. The summed E-state index contributed by atoms with van der Waals surface area (Å²) >= 11 is 0. The molecule has 3 heteroatoms. The third-order valence-corrected chi connectivity index (χ3v) is 2.71. The van der Waals surface area contributed by atoms with Gasteiger partial charge in [0.25, 0.3) is 0 Å². The Morgan fingerprint density at radius 3 is 2.86 bits per heavy atom. The molecule has 0 radical (unpaired) electrons. The van der Waals surface area contributed by atoms with Gasteiger partial charge < -0.3 is 10.4 Å². The van der Waals surface area contributed by atoms with Crippen LogP contribution in [0.1, 0.15) is 23.6 Å². The quantitative estimate of drug-likeness (QED) is 0.712. The third-order valence-electron chi connectivity index (χ3n) is 2.71. The zero-order valence-corrected chi connectivity index (χ0v) is 8.13. The Kier molecular flexibility index (Phi) is 2.52. The number of rotatable bonds is 1. The highest BCUT2D eigenvalue weighted by molar-refractivity contribution is 5.26. The Bertz CT molecular complexity index is 340. The van der Waals surface area contributed by atoms with Gasteiger partial charge >= 0.3 is 0 Å². The summed E-state index contributed by atoms with van der Waals surface area (Å²) in [6.07, 6.45) is 0.368. The van der Waals surface area contributed by atoms with E-state index in [1.165, 1.54) is 0 Å². The van der Waals surface area contributed by atoms with Crippen molar-refractivity contribution in [2.24, 2.45) is 0 Å². The molecule has 1 aliphatic heterocycles. The fraction of sp³-hybridized carbons (Fsp3) is 0.455. The van der Waals surface area contributed by atoms with Gasteiger partial charge in [-0.15, -0.1) is 0 Å². The molecule has 0 saturated carbocycles. The number of hydrogen-bond donors (Lipinski definition) is 2. The zero-order valence-electron chi connectivity index (χ0n) is 8.13. The van der Waals surface area contributed by atoms with E-state index in [1.807, 2.05) is 6.07 Å². The number of β-amino-alcohol motifs (C(OH)–C–C–N with tert-alkyl or cyclic N) is 1. The van der Waals surface area contributed by atoms with E-state index < -0.39 is 0 Å². The minimum atomic E-state index is -0.302. The molecule has 1 saturated heterocycles. The molecule has 0 aliphatic carbocycles. The molecule has 2 rings (SSSR count). The van der Waals surface area contributed by atoms with E-state index in [0.717, 1.165) is 5.56 Å². The molecule has 2 atom stereocenters. The van der Waals surface area contributed by atoms with Gasteiger partial charge in [-0.3, -0.25) is 0 Å². The lowest BCUT2D eigenvalue weighted by Gasteiger charge is -2.10. The normalized spacial score (nSPS) is 26.8. The largest absolute Gasteiger partial charge is 0.392 e. The van der Waals surface area contributed by atoms with Crippen LogP contribution in [0.15, 0.2) is 18.2 Å². The maximum absolute atomic E-state index is 13.2. The van der Waals surface area contributed by atoms with Crippen molar-refractivity contribution in [3.63, 3.8) is 0 Å². The Morgan fingerprint density at radius 2 is 2.29 bits per heavy atom. The molecule has 0 spiro atoms. The summed E-state index contributed by atoms with van der Waals surface area (Å²) < 4.78 is 13.2. The molecular formula is C11H14FNO. The van der Waals surface area contributed by atoms with E-state index in [-0.39, 0.29) is 18.0 Å². The molecule has 0 aromatic heterocycles. The lowest BCUT2D eigenvalue weighted by atomic mass is 10.0. The molecule has 1 aromatic rings. The highest BCUT2D eigenvalue weighted by atomic mass is 19.1. The van der Waals surface area contributed by atoms with Gasteiger partial charge in [0.05, 0.1) is 6.10 Å². The van der Waals surface area contributed by atoms with Crippen LogP contribution >= 0.6 is 0 Å². The predicted octanol–water partition coefficient (Wildman–Crippen LogP) is 1.53. The molecule has 0 bridgehead atoms. The molecule has 1 fully saturated rings. The fourth-order valence-electron chi connectivity index (χ4n) is 1.80. The first kappa shape index (κ1) is 9.62. The monoisotopic (exact) mass is 195 g/mol. The SMILES string of the molecule is Cc1ccc(C2CC(O)CN2)cc1F. The van der Waals surface area contributed by atoms with Crippen molar-refractivity contribution in [3.8, 4) is 0 Å². The number of hydrogen-bond acceptors (Lipinski definition) is 2. The van der Waals surface area contributed by atoms with Crippen LogP contribution in [0.25, 0.3) is 0 Å². The van der Waals surface area contributed by atoms with E-state index in [1.54, 1.807) is 19.1 Å². The smallest absolute Gasteiger partial charge is 0.126 e. The number of aryl methyl sites for hydroxylation is 1. The highest BCUT2D eigenvalue weighted by Crippen LogP contribution is 2.24. The molecule has 14 heavy (non-hydrogen) atoms. The van der Waals surface area contributed by atoms with E-state index in [9.17, 15) is 9.50 Å². The molecule has 2 unspecified atom stereocenters. The van der Waals surface area contributed by atoms with Gasteiger partial charge in [-0.25, -0.2) is 4.39 Å². The predicted molar refractivity (Wildman–Crippen MR) is 52.5 cm³/mol. The van der Waals surface area contributed by atoms with Crippen LogP contribution in [-0.4, -0.2) is 17.8 Å². The molecule has 1 aromatic carbocycles. The van der Waals surface area contributed by atoms with Crippen LogP contribution in [-0.2, 0) is 0 Å². The summed E-state index contributed by atoms with van der Waals surface area (Å²) in [4.78, 5) is 0. The maximum Gasteiger partial charge on any atom is 0.126 e. The Balaban J connectivity index is 2.20. The minimum absolute atomic E-state index is 0.0973. The average Bonchev–Trinajstić information content (AvgIpc) is 2.57. The molecule has 0 amide bonds. The molecule has 1 heterocycles. The van der Waals surface area contributed by atoms with Crippen molar-refractivity contribution in [1.82, 2.24) is 5.32 Å². The van der Waals surface area contributed by atoms with Crippen LogP contribution in [0.4, 0.5) is 4.39 Å². The average molecular weight is 195 g/mol. The number of aliphatic hydroxyl groups excluding tert-OH is 1. The minimum Gasteiger partial charge on any atom is -0.392 e. The van der Waals surface area contributed by atoms with Gasteiger partial charge in [-0.1, -0.05) is 12.1 Å². The van der Waals surface area contributed by atoms with E-state index >= 15 is 0 Å². The first-order chi connectivity index (χ1) is 6.66. The summed E-state index contributed by atoms with van der Waals surface area (Å²) in [5, 5.41) is 12.5. The van der Waals surface area contributed by atoms with Crippen molar-refractivity contribution in [2.75, 3.05) is 6.54 Å². The van der Waals surface area contributed by atoms with Gasteiger partial charge in [0.2, 0.25) is 0 Å². The molecule has 1 aliphatic rings. The second-order valence-electron chi connectivity index (χ2n) is 3.86. The van der Waals surface area contributed by atoms with Crippen LogP contribution in [0.2, 0.25) is 0 Å². The van der Waals surface area contributed by atoms with Crippen molar-refractivity contribution in [3.05, 3.63) is 35.1 Å². The zero-order chi connectivity index (χ0) is 10.1. The van der Waals surface area contributed by atoms with Crippen molar-refractivity contribution in [1.29, 1.82) is 0 Å². The first-order valence-corrected chi connectivity index (χ1v) is 4.84. The second kappa shape index (κ2) is 3.67. The highest BCUT2D eigenvalue weighted by Gasteiger charge is 2.23. The summed E-state index contributed by atoms with van der Waals surface area (Å²) in [5.74, 6) is -0.175. The van der Waals surface area contributed by atoms with Crippen LogP contribution in [0.3, 0.4) is 0 Å². The van der Waals surface area contributed by atoms with E-state index in [4.69, 9.17) is 0 Å². The van der Waals surface area contributed by atoms with Crippen molar-refractivity contribution in [2.45, 2.75) is 25.5 Å². The van der Waals surface area contributed by atoms with Crippen LogP contribution in [0.5, 0.6) is 0 Å². The van der Waals surface area contributed by atoms with Gasteiger partial charge in [0.1, 0.15) is 5.82 Å². The topological polar surface area (TPSA) is 32.3 Å². The van der Waals surface area contributed by atoms with Gasteiger partial charge in [0, 0.05) is 12.6 Å². The summed E-state index contributed by atoms with van der Waals surface area (Å²) in [6.45, 7) is 2.34. The molecule has 76 valence electrons. The molecular weight excluding hydrogens is 181 g/mol. The van der Waals surface area contributed by atoms with Crippen molar-refractivity contribution < 1.29 is 9.50 Å². The fourth-order valence-corrected chi connectivity index (χ4v) is 1.80. The number of nitrogens with one attached hydrogen (secondary N) is 1. The lowest BCUT2D eigenvalue weighted by Crippen LogP contribution is -2.15. The number of aliphatic hydroxyl groups is 1. The van der Waals surface area contributed by atoms with Crippen LogP contribution < -0.4 is 5.32 Å². The van der Waals surface area contributed by atoms with E-state index in [2.05, 4.69) is 5.32 Å². The van der Waals surface area contributed by atoms with Gasteiger partial charge in [-0.05, 0) is 30.5 Å². The summed E-state index contributed by atoms with van der Waals surface area (Å²) in [6, 6.07) is 5.33. The Hall–Kier alpha value is -0.930. The third kappa shape index (κ3) is 1.79. The number of benzene rings is 1. The summed E-state index contributed by atoms with van der Waals surface area (Å²) in [5.41, 5.74) is 1.58. The van der Waals surface area contributed by atoms with Crippen molar-refractivity contribution >= 4 is 0 Å². The van der Waals surface area contributed by atoms with E-state index in [0.29, 0.717) is 18.5 Å². The van der Waals surface area contributed by atoms with Crippen LogP contribution in [0, 0.1) is 12.7 Å². The molecule has 2 nitrogen and oxygen atoms in total. The number of halogens is 1. The Labute approximate surface area is 82.8 Å². The maximum atomic E-state index is 13.2. The van der Waals surface area contributed by atoms with Gasteiger partial charge in [-0.2, -0.15) is 0 Å². The lowest BCUT2D eigenvalue weighted by molar-refractivity contribution is 0.193.